The summed E-state index contributed by atoms with van der Waals surface area (Å²) in [5, 5.41) is 23.1. The molecule has 1 fully saturated rings. The number of nitro benzene ring substituents is 1. The Morgan fingerprint density at radius 2 is 1.86 bits per heavy atom. The van der Waals surface area contributed by atoms with E-state index in [1.54, 1.807) is 30.3 Å². The van der Waals surface area contributed by atoms with Crippen molar-refractivity contribution in [2.75, 3.05) is 12.4 Å². The minimum absolute atomic E-state index is 0.00364. The van der Waals surface area contributed by atoms with Crippen molar-refractivity contribution in [2.24, 2.45) is 0 Å². The van der Waals surface area contributed by atoms with Gasteiger partial charge in [-0.1, -0.05) is 31.4 Å². The number of anilines is 1. The fourth-order valence-electron chi connectivity index (χ4n) is 3.83. The highest BCUT2D eigenvalue weighted by Crippen LogP contribution is 2.41. The summed E-state index contributed by atoms with van der Waals surface area (Å²) >= 11 is 0. The number of amides is 1. The normalized spacial score (nSPS) is 15.3. The SMILES string of the molecule is COc1ccc(NC(=O)C2(c3ccc([N+](=O)[O-])cc3)CCCCC2)cc1C#N. The molecule has 3 rings (SSSR count). The number of nitrogens with one attached hydrogen (secondary N) is 1. The monoisotopic (exact) mass is 379 g/mol. The van der Waals surface area contributed by atoms with Crippen molar-refractivity contribution < 1.29 is 14.5 Å². The van der Waals surface area contributed by atoms with Crippen LogP contribution in [-0.2, 0) is 10.2 Å². The van der Waals surface area contributed by atoms with Crippen LogP contribution in [0.2, 0.25) is 0 Å². The zero-order chi connectivity index (χ0) is 20.1. The van der Waals surface area contributed by atoms with E-state index in [1.807, 2.05) is 0 Å². The number of ether oxygens (including phenoxy) is 1. The Labute approximate surface area is 163 Å². The van der Waals surface area contributed by atoms with Gasteiger partial charge in [0.05, 0.1) is 23.0 Å². The van der Waals surface area contributed by atoms with Crippen LogP contribution in [-0.4, -0.2) is 17.9 Å². The van der Waals surface area contributed by atoms with E-state index in [9.17, 15) is 20.2 Å². The number of carbonyl (C=O) groups excluding carboxylic acids is 1. The molecule has 0 spiro atoms. The topological polar surface area (TPSA) is 105 Å². The van der Waals surface area contributed by atoms with Crippen LogP contribution in [0.1, 0.15) is 43.2 Å². The molecule has 0 bridgehead atoms. The largest absolute Gasteiger partial charge is 0.495 e. The Balaban J connectivity index is 1.92. The molecular weight excluding hydrogens is 358 g/mol. The first-order valence-electron chi connectivity index (χ1n) is 9.15. The number of carbonyl (C=O) groups is 1. The van der Waals surface area contributed by atoms with E-state index in [1.165, 1.54) is 19.2 Å². The van der Waals surface area contributed by atoms with E-state index in [2.05, 4.69) is 11.4 Å². The molecule has 0 aliphatic heterocycles. The van der Waals surface area contributed by atoms with Gasteiger partial charge in [0.25, 0.3) is 5.69 Å². The van der Waals surface area contributed by atoms with Crippen molar-refractivity contribution >= 4 is 17.3 Å². The van der Waals surface area contributed by atoms with E-state index in [0.29, 0.717) is 29.8 Å². The number of non-ortho nitro benzene ring substituents is 1. The quantitative estimate of drug-likeness (QED) is 0.615. The van der Waals surface area contributed by atoms with Crippen LogP contribution in [0.5, 0.6) is 5.75 Å². The minimum atomic E-state index is -0.736. The summed E-state index contributed by atoms with van der Waals surface area (Å²) in [6, 6.07) is 13.2. The van der Waals surface area contributed by atoms with Gasteiger partial charge in [0.2, 0.25) is 5.91 Å². The van der Waals surface area contributed by atoms with Crippen LogP contribution in [0, 0.1) is 21.4 Å². The number of methoxy groups -OCH3 is 1. The fraction of sp³-hybridized carbons (Fsp3) is 0.333. The van der Waals surface area contributed by atoms with Crippen LogP contribution in [0.25, 0.3) is 0 Å². The molecule has 1 aliphatic rings. The molecule has 1 aliphatic carbocycles. The van der Waals surface area contributed by atoms with Crippen molar-refractivity contribution in [1.29, 1.82) is 5.26 Å². The molecule has 28 heavy (non-hydrogen) atoms. The molecule has 1 saturated carbocycles. The van der Waals surface area contributed by atoms with Crippen LogP contribution in [0.4, 0.5) is 11.4 Å². The van der Waals surface area contributed by atoms with Crippen molar-refractivity contribution in [1.82, 2.24) is 0 Å². The van der Waals surface area contributed by atoms with Gasteiger partial charge in [-0.15, -0.1) is 0 Å². The van der Waals surface area contributed by atoms with Gasteiger partial charge in [-0.2, -0.15) is 5.26 Å². The van der Waals surface area contributed by atoms with Crippen LogP contribution in [0.15, 0.2) is 42.5 Å². The zero-order valence-corrected chi connectivity index (χ0v) is 15.6. The van der Waals surface area contributed by atoms with Gasteiger partial charge in [-0.25, -0.2) is 0 Å². The summed E-state index contributed by atoms with van der Waals surface area (Å²) < 4.78 is 5.14. The Morgan fingerprint density at radius 1 is 1.18 bits per heavy atom. The van der Waals surface area contributed by atoms with Gasteiger partial charge in [0.15, 0.2) is 0 Å². The highest BCUT2D eigenvalue weighted by Gasteiger charge is 2.41. The highest BCUT2D eigenvalue weighted by molar-refractivity contribution is 5.99. The molecule has 0 atom stereocenters. The summed E-state index contributed by atoms with van der Waals surface area (Å²) in [5.74, 6) is 0.290. The van der Waals surface area contributed by atoms with Crippen molar-refractivity contribution in [2.45, 2.75) is 37.5 Å². The summed E-state index contributed by atoms with van der Waals surface area (Å²) in [6.07, 6.45) is 4.24. The summed E-state index contributed by atoms with van der Waals surface area (Å²) in [6.45, 7) is 0. The van der Waals surface area contributed by atoms with E-state index >= 15 is 0 Å². The standard InChI is InChI=1S/C21H21N3O4/c1-28-19-10-7-17(13-15(19)14-22)23-20(25)21(11-3-2-4-12-21)16-5-8-18(9-6-16)24(26)27/h5-10,13H,2-4,11-12H2,1H3,(H,23,25). The number of rotatable bonds is 5. The lowest BCUT2D eigenvalue weighted by atomic mass is 9.68. The number of benzene rings is 2. The van der Waals surface area contributed by atoms with Gasteiger partial charge >= 0.3 is 0 Å². The molecular formula is C21H21N3O4. The smallest absolute Gasteiger partial charge is 0.269 e. The highest BCUT2D eigenvalue weighted by atomic mass is 16.6. The third kappa shape index (κ3) is 3.67. The van der Waals surface area contributed by atoms with Crippen molar-refractivity contribution in [3.8, 4) is 11.8 Å². The second-order valence-electron chi connectivity index (χ2n) is 6.93. The lowest BCUT2D eigenvalue weighted by molar-refractivity contribution is -0.384. The van der Waals surface area contributed by atoms with Gasteiger partial charge in [-0.3, -0.25) is 14.9 Å². The number of nitriles is 1. The third-order valence-electron chi connectivity index (χ3n) is 5.35. The second-order valence-corrected chi connectivity index (χ2v) is 6.93. The number of hydrogen-bond donors (Lipinski definition) is 1. The molecule has 144 valence electrons. The molecule has 1 N–H and O–H groups in total. The van der Waals surface area contributed by atoms with Gasteiger partial charge < -0.3 is 10.1 Å². The second kappa shape index (κ2) is 8.09. The van der Waals surface area contributed by atoms with Crippen LogP contribution < -0.4 is 10.1 Å². The summed E-state index contributed by atoms with van der Waals surface area (Å²) in [7, 11) is 1.49. The van der Waals surface area contributed by atoms with Crippen molar-refractivity contribution in [3.05, 3.63) is 63.7 Å². The summed E-state index contributed by atoms with van der Waals surface area (Å²) in [5.41, 5.74) is 0.913. The van der Waals surface area contributed by atoms with Crippen molar-refractivity contribution in [3.63, 3.8) is 0 Å². The minimum Gasteiger partial charge on any atom is -0.495 e. The lowest BCUT2D eigenvalue weighted by Gasteiger charge is -2.36. The number of nitro groups is 1. The molecule has 0 unspecified atom stereocenters. The first kappa shape index (κ1) is 19.4. The van der Waals surface area contributed by atoms with E-state index < -0.39 is 10.3 Å². The maximum absolute atomic E-state index is 13.3. The predicted octanol–water partition coefficient (Wildman–Crippen LogP) is 4.32. The first-order chi connectivity index (χ1) is 13.5. The Kier molecular flexibility index (Phi) is 5.59. The first-order valence-corrected chi connectivity index (χ1v) is 9.15. The van der Waals surface area contributed by atoms with E-state index in [-0.39, 0.29) is 11.6 Å². The third-order valence-corrected chi connectivity index (χ3v) is 5.35. The van der Waals surface area contributed by atoms with Gasteiger partial charge in [0, 0.05) is 17.8 Å². The number of hydrogen-bond acceptors (Lipinski definition) is 5. The van der Waals surface area contributed by atoms with E-state index in [0.717, 1.165) is 24.8 Å². The molecule has 0 saturated heterocycles. The van der Waals surface area contributed by atoms with E-state index in [4.69, 9.17) is 4.74 Å². The lowest BCUT2D eigenvalue weighted by Crippen LogP contribution is -2.42. The van der Waals surface area contributed by atoms with Crippen LogP contribution in [0.3, 0.4) is 0 Å². The average Bonchev–Trinajstić information content (AvgIpc) is 2.74. The number of nitrogens with zero attached hydrogens (tertiary/aromatic N) is 2. The molecule has 7 nitrogen and oxygen atoms in total. The fourth-order valence-corrected chi connectivity index (χ4v) is 3.83. The Morgan fingerprint density at radius 3 is 2.43 bits per heavy atom. The maximum Gasteiger partial charge on any atom is 0.269 e. The molecule has 7 heteroatoms. The van der Waals surface area contributed by atoms with Gasteiger partial charge in [-0.05, 0) is 36.6 Å². The Hall–Kier alpha value is -3.40. The Bertz CT molecular complexity index is 926. The average molecular weight is 379 g/mol. The van der Waals surface area contributed by atoms with Gasteiger partial charge in [0.1, 0.15) is 11.8 Å². The predicted molar refractivity (Wildman–Crippen MR) is 104 cm³/mol. The zero-order valence-electron chi connectivity index (χ0n) is 15.6. The van der Waals surface area contributed by atoms with Crippen LogP contribution >= 0.6 is 0 Å². The molecule has 2 aromatic carbocycles. The molecule has 0 aromatic heterocycles. The molecule has 2 aromatic rings. The molecule has 0 radical (unpaired) electrons. The molecule has 1 amide bonds. The maximum atomic E-state index is 13.3. The molecule has 0 heterocycles. The summed E-state index contributed by atoms with van der Waals surface area (Å²) in [4.78, 5) is 23.8.